The summed E-state index contributed by atoms with van der Waals surface area (Å²) >= 11 is 0. The Morgan fingerprint density at radius 1 is 0.771 bits per heavy atom. The quantitative estimate of drug-likeness (QED) is 0.186. The number of esters is 3. The molecule has 0 atom stereocenters. The van der Waals surface area contributed by atoms with E-state index in [2.05, 4.69) is 41.6 Å². The zero-order valence-corrected chi connectivity index (χ0v) is 20.3. The molecule has 1 fully saturated rings. The number of cyclic esters (lactones) is 2. The highest BCUT2D eigenvalue weighted by atomic mass is 16.7. The number of aliphatic hydroxyl groups is 1. The van der Waals surface area contributed by atoms with Crippen molar-refractivity contribution in [2.75, 3.05) is 52.9 Å². The molecule has 200 valence electrons. The summed E-state index contributed by atoms with van der Waals surface area (Å²) in [6.45, 7) is 12.1. The average molecular weight is 507 g/mol. The van der Waals surface area contributed by atoms with Crippen LogP contribution in [-0.4, -0.2) is 88.2 Å². The summed E-state index contributed by atoms with van der Waals surface area (Å²) in [5, 5.41) is 8.19. The second-order valence-electron chi connectivity index (χ2n) is 6.50. The molecular formula is C22H34O13. The second-order valence-corrected chi connectivity index (χ2v) is 6.50. The summed E-state index contributed by atoms with van der Waals surface area (Å²) in [6, 6.07) is 0. The van der Waals surface area contributed by atoms with Crippen LogP contribution in [-0.2, 0) is 47.5 Å². The van der Waals surface area contributed by atoms with Crippen molar-refractivity contribution in [2.24, 2.45) is 0 Å². The van der Waals surface area contributed by atoms with Crippen molar-refractivity contribution in [1.29, 1.82) is 0 Å². The van der Waals surface area contributed by atoms with E-state index in [0.29, 0.717) is 25.2 Å². The molecule has 0 aromatic carbocycles. The lowest BCUT2D eigenvalue weighted by Crippen LogP contribution is -2.16. The van der Waals surface area contributed by atoms with Crippen molar-refractivity contribution in [2.45, 2.75) is 33.6 Å². The third kappa shape index (κ3) is 24.9. The molecular weight excluding hydrogens is 472 g/mol. The van der Waals surface area contributed by atoms with E-state index in [1.54, 1.807) is 6.92 Å². The standard InChI is InChI=1S/C12H18O7.C6H10O3.C4H6O3/c1-9(2)11(14)17-7-8-19-12(15)18-6-4-5-16-10(3)13;1-5(2)6(8)9-4-3-7;5-4-6-2-1-3-7-4/h1,4-8H2,2-3H3;7H,1,3-4H2,2H3;1-3H2. The molecule has 13 nitrogen and oxygen atoms in total. The van der Waals surface area contributed by atoms with E-state index in [1.165, 1.54) is 13.8 Å². The number of hydrogen-bond acceptors (Lipinski definition) is 13. The number of hydrogen-bond donors (Lipinski definition) is 1. The van der Waals surface area contributed by atoms with Gasteiger partial charge in [0.15, 0.2) is 0 Å². The van der Waals surface area contributed by atoms with Gasteiger partial charge < -0.3 is 38.3 Å². The fourth-order valence-electron chi connectivity index (χ4n) is 1.53. The van der Waals surface area contributed by atoms with Crippen molar-refractivity contribution >= 4 is 30.2 Å². The van der Waals surface area contributed by atoms with E-state index in [9.17, 15) is 24.0 Å². The van der Waals surface area contributed by atoms with Crippen molar-refractivity contribution in [3.8, 4) is 0 Å². The molecule has 1 saturated heterocycles. The average Bonchev–Trinajstić information content (AvgIpc) is 2.80. The molecule has 1 heterocycles. The summed E-state index contributed by atoms with van der Waals surface area (Å²) in [5.74, 6) is -1.38. The Balaban J connectivity index is 0. The number of carbonyl (C=O) groups is 5. The van der Waals surface area contributed by atoms with Crippen LogP contribution in [0.5, 0.6) is 0 Å². The fraction of sp³-hybridized carbons (Fsp3) is 0.591. The van der Waals surface area contributed by atoms with Gasteiger partial charge in [-0.1, -0.05) is 13.2 Å². The lowest BCUT2D eigenvalue weighted by Gasteiger charge is -2.09. The molecule has 0 unspecified atom stereocenters. The monoisotopic (exact) mass is 506 g/mol. The van der Waals surface area contributed by atoms with Gasteiger partial charge in [0.05, 0.1) is 33.0 Å². The van der Waals surface area contributed by atoms with Gasteiger partial charge in [0, 0.05) is 30.9 Å². The number of carbonyl (C=O) groups excluding carboxylic acids is 5. The predicted molar refractivity (Wildman–Crippen MR) is 119 cm³/mol. The van der Waals surface area contributed by atoms with Crippen LogP contribution in [0.1, 0.15) is 33.6 Å². The first-order valence-electron chi connectivity index (χ1n) is 10.5. The predicted octanol–water partition coefficient (Wildman–Crippen LogP) is 1.85. The van der Waals surface area contributed by atoms with Crippen LogP contribution in [0, 0.1) is 0 Å². The summed E-state index contributed by atoms with van der Waals surface area (Å²) in [6.07, 6.45) is -0.189. The lowest BCUT2D eigenvalue weighted by molar-refractivity contribution is -0.142. The van der Waals surface area contributed by atoms with Crippen LogP contribution in [0.25, 0.3) is 0 Å². The third-order valence-electron chi connectivity index (χ3n) is 3.10. The van der Waals surface area contributed by atoms with Gasteiger partial charge in [-0.3, -0.25) is 4.79 Å². The molecule has 0 radical (unpaired) electrons. The van der Waals surface area contributed by atoms with Crippen LogP contribution in [0.15, 0.2) is 24.3 Å². The van der Waals surface area contributed by atoms with Crippen LogP contribution >= 0.6 is 0 Å². The Labute approximate surface area is 203 Å². The van der Waals surface area contributed by atoms with Crippen LogP contribution < -0.4 is 0 Å². The zero-order valence-electron chi connectivity index (χ0n) is 20.3. The zero-order chi connectivity index (χ0) is 27.1. The molecule has 1 N–H and O–H groups in total. The van der Waals surface area contributed by atoms with Crippen LogP contribution in [0.3, 0.4) is 0 Å². The van der Waals surface area contributed by atoms with Gasteiger partial charge in [0.1, 0.15) is 19.8 Å². The number of ether oxygens (including phenoxy) is 7. The molecule has 1 aliphatic heterocycles. The molecule has 0 aromatic rings. The first kappa shape index (κ1) is 33.6. The molecule has 0 aromatic heterocycles. The minimum Gasteiger partial charge on any atom is -0.466 e. The Hall–Kier alpha value is -3.61. The first-order chi connectivity index (χ1) is 16.5. The molecule has 0 saturated carbocycles. The van der Waals surface area contributed by atoms with Gasteiger partial charge in [-0.15, -0.1) is 0 Å². The molecule has 1 aliphatic rings. The molecule has 0 spiro atoms. The van der Waals surface area contributed by atoms with Gasteiger partial charge in [-0.25, -0.2) is 19.2 Å². The minimum atomic E-state index is -0.866. The molecule has 0 aliphatic carbocycles. The Kier molecular flexibility index (Phi) is 21.3. The van der Waals surface area contributed by atoms with Gasteiger partial charge in [0.25, 0.3) is 0 Å². The minimum absolute atomic E-state index is 0.0473. The van der Waals surface area contributed by atoms with Crippen molar-refractivity contribution in [3.63, 3.8) is 0 Å². The van der Waals surface area contributed by atoms with Crippen molar-refractivity contribution < 1.29 is 62.2 Å². The SMILES string of the molecule is C=C(C)C(=O)OCCO.C=C(C)C(=O)OCCOC(=O)OCCCOC(C)=O.O=C1OCCCO1. The van der Waals surface area contributed by atoms with Crippen molar-refractivity contribution in [1.82, 2.24) is 0 Å². The maximum atomic E-state index is 11.0. The third-order valence-corrected chi connectivity index (χ3v) is 3.10. The summed E-state index contributed by atoms with van der Waals surface area (Å²) in [4.78, 5) is 52.9. The fourth-order valence-corrected chi connectivity index (χ4v) is 1.53. The second kappa shape index (κ2) is 22.2. The van der Waals surface area contributed by atoms with Gasteiger partial charge in [0.2, 0.25) is 0 Å². The van der Waals surface area contributed by atoms with Gasteiger partial charge in [-0.2, -0.15) is 0 Å². The van der Waals surface area contributed by atoms with E-state index >= 15 is 0 Å². The van der Waals surface area contributed by atoms with E-state index in [1.807, 2.05) is 0 Å². The number of rotatable bonds is 11. The number of aliphatic hydroxyl groups excluding tert-OH is 1. The normalized spacial score (nSPS) is 11.4. The van der Waals surface area contributed by atoms with Gasteiger partial charge >= 0.3 is 30.2 Å². The summed E-state index contributed by atoms with van der Waals surface area (Å²) in [5.41, 5.74) is 0.622. The summed E-state index contributed by atoms with van der Waals surface area (Å²) in [7, 11) is 0. The smallest absolute Gasteiger partial charge is 0.466 e. The lowest BCUT2D eigenvalue weighted by atomic mass is 10.4. The molecule has 13 heteroatoms. The van der Waals surface area contributed by atoms with E-state index in [4.69, 9.17) is 9.84 Å². The van der Waals surface area contributed by atoms with E-state index in [0.717, 1.165) is 6.42 Å². The molecule has 0 bridgehead atoms. The van der Waals surface area contributed by atoms with E-state index < -0.39 is 24.2 Å². The Bertz CT molecular complexity index is 691. The van der Waals surface area contributed by atoms with Crippen LogP contribution in [0.2, 0.25) is 0 Å². The highest BCUT2D eigenvalue weighted by Crippen LogP contribution is 1.96. The molecule has 0 amide bonds. The highest BCUT2D eigenvalue weighted by Gasteiger charge is 2.08. The topological polar surface area (TPSA) is 170 Å². The molecule has 1 rings (SSSR count). The first-order valence-corrected chi connectivity index (χ1v) is 10.5. The Morgan fingerprint density at radius 2 is 1.23 bits per heavy atom. The highest BCUT2D eigenvalue weighted by molar-refractivity contribution is 5.87. The van der Waals surface area contributed by atoms with E-state index in [-0.39, 0.29) is 51.2 Å². The van der Waals surface area contributed by atoms with Crippen molar-refractivity contribution in [3.05, 3.63) is 24.3 Å². The maximum absolute atomic E-state index is 11.0. The largest absolute Gasteiger partial charge is 0.508 e. The maximum Gasteiger partial charge on any atom is 0.508 e. The van der Waals surface area contributed by atoms with Gasteiger partial charge in [-0.05, 0) is 13.8 Å². The Morgan fingerprint density at radius 3 is 1.66 bits per heavy atom. The molecule has 35 heavy (non-hydrogen) atoms. The van der Waals surface area contributed by atoms with Crippen LogP contribution in [0.4, 0.5) is 9.59 Å². The summed E-state index contributed by atoms with van der Waals surface area (Å²) < 4.78 is 31.9.